The van der Waals surface area contributed by atoms with Gasteiger partial charge < -0.3 is 10.4 Å². The molecule has 0 bridgehead atoms. The van der Waals surface area contributed by atoms with Crippen molar-refractivity contribution < 1.29 is 9.50 Å². The fourth-order valence-electron chi connectivity index (χ4n) is 1.07. The van der Waals surface area contributed by atoms with E-state index in [1.54, 1.807) is 6.07 Å². The van der Waals surface area contributed by atoms with Gasteiger partial charge in [-0.2, -0.15) is 0 Å². The first-order valence-corrected chi connectivity index (χ1v) is 4.91. The summed E-state index contributed by atoms with van der Waals surface area (Å²) >= 11 is 5.43. The number of rotatable bonds is 4. The largest absolute Gasteiger partial charge is 0.390 e. The van der Waals surface area contributed by atoms with E-state index in [2.05, 4.69) is 5.32 Å². The number of halogens is 2. The van der Waals surface area contributed by atoms with Crippen LogP contribution < -0.4 is 5.32 Å². The molecule has 2 nitrogen and oxygen atoms in total. The number of aryl methyl sites for hydroxylation is 1. The van der Waals surface area contributed by atoms with Gasteiger partial charge in [-0.05, 0) is 24.6 Å². The lowest BCUT2D eigenvalue weighted by atomic mass is 10.2. The van der Waals surface area contributed by atoms with Crippen molar-refractivity contribution in [3.63, 3.8) is 0 Å². The van der Waals surface area contributed by atoms with Crippen molar-refractivity contribution in [2.45, 2.75) is 13.0 Å². The van der Waals surface area contributed by atoms with Crippen molar-refractivity contribution in [1.82, 2.24) is 0 Å². The highest BCUT2D eigenvalue weighted by Crippen LogP contribution is 2.15. The Kier molecular flexibility index (Phi) is 4.17. The molecule has 1 unspecified atom stereocenters. The van der Waals surface area contributed by atoms with Gasteiger partial charge in [0.1, 0.15) is 5.82 Å². The lowest BCUT2D eigenvalue weighted by Gasteiger charge is -2.12. The molecule has 0 saturated carbocycles. The van der Waals surface area contributed by atoms with Crippen LogP contribution in [0.5, 0.6) is 0 Å². The van der Waals surface area contributed by atoms with Crippen LogP contribution in [0, 0.1) is 12.7 Å². The third kappa shape index (κ3) is 3.16. The van der Waals surface area contributed by atoms with Gasteiger partial charge in [-0.15, -0.1) is 11.6 Å². The molecule has 1 aromatic carbocycles. The molecule has 0 aromatic heterocycles. The second kappa shape index (κ2) is 5.17. The van der Waals surface area contributed by atoms with Crippen molar-refractivity contribution in [2.75, 3.05) is 17.7 Å². The first kappa shape index (κ1) is 11.3. The molecule has 1 aromatic rings. The molecule has 0 aliphatic carbocycles. The van der Waals surface area contributed by atoms with Gasteiger partial charge in [0.25, 0.3) is 0 Å². The quantitative estimate of drug-likeness (QED) is 0.758. The van der Waals surface area contributed by atoms with Crippen LogP contribution >= 0.6 is 11.6 Å². The van der Waals surface area contributed by atoms with E-state index in [0.717, 1.165) is 5.56 Å². The van der Waals surface area contributed by atoms with Gasteiger partial charge in [-0.25, -0.2) is 4.39 Å². The molecular weight excluding hydrogens is 205 g/mol. The highest BCUT2D eigenvalue weighted by molar-refractivity contribution is 6.18. The number of anilines is 1. The van der Waals surface area contributed by atoms with Crippen LogP contribution in [0.1, 0.15) is 5.56 Å². The Bertz CT molecular complexity index is 306. The number of nitrogens with one attached hydrogen (secondary N) is 1. The Morgan fingerprint density at radius 1 is 1.57 bits per heavy atom. The van der Waals surface area contributed by atoms with Gasteiger partial charge in [-0.1, -0.05) is 6.07 Å². The number of hydrogen-bond donors (Lipinski definition) is 2. The molecule has 0 spiro atoms. The second-order valence-corrected chi connectivity index (χ2v) is 3.46. The number of benzene rings is 1. The summed E-state index contributed by atoms with van der Waals surface area (Å²) in [5.74, 6) is -0.125. The molecule has 4 heteroatoms. The van der Waals surface area contributed by atoms with Crippen LogP contribution in [-0.2, 0) is 0 Å². The molecule has 78 valence electrons. The van der Waals surface area contributed by atoms with Crippen molar-refractivity contribution in [2.24, 2.45) is 0 Å². The summed E-state index contributed by atoms with van der Waals surface area (Å²) < 4.78 is 12.8. The normalized spacial score (nSPS) is 12.6. The van der Waals surface area contributed by atoms with E-state index in [1.165, 1.54) is 12.1 Å². The van der Waals surface area contributed by atoms with Crippen molar-refractivity contribution in [3.05, 3.63) is 29.6 Å². The highest BCUT2D eigenvalue weighted by atomic mass is 35.5. The summed E-state index contributed by atoms with van der Waals surface area (Å²) in [5, 5.41) is 12.1. The minimum absolute atomic E-state index is 0.168. The van der Waals surface area contributed by atoms with Gasteiger partial charge in [-0.3, -0.25) is 0 Å². The van der Waals surface area contributed by atoms with Crippen LogP contribution in [-0.4, -0.2) is 23.6 Å². The monoisotopic (exact) mass is 217 g/mol. The molecule has 2 N–H and O–H groups in total. The van der Waals surface area contributed by atoms with Crippen LogP contribution in [0.25, 0.3) is 0 Å². The number of hydrogen-bond acceptors (Lipinski definition) is 2. The first-order valence-electron chi connectivity index (χ1n) is 4.37. The number of aliphatic hydroxyl groups is 1. The third-order valence-corrected chi connectivity index (χ3v) is 2.26. The van der Waals surface area contributed by atoms with E-state index in [4.69, 9.17) is 11.6 Å². The third-order valence-electron chi connectivity index (χ3n) is 1.91. The Labute approximate surface area is 87.7 Å². The Morgan fingerprint density at radius 2 is 2.29 bits per heavy atom. The maximum atomic E-state index is 12.8. The lowest BCUT2D eigenvalue weighted by molar-refractivity contribution is 0.211. The fraction of sp³-hybridized carbons (Fsp3) is 0.400. The van der Waals surface area contributed by atoms with Crippen LogP contribution in [0.3, 0.4) is 0 Å². The summed E-state index contributed by atoms with van der Waals surface area (Å²) in [6.45, 7) is 2.20. The number of alkyl halides is 1. The molecule has 0 heterocycles. The van der Waals surface area contributed by atoms with Gasteiger partial charge in [0.15, 0.2) is 0 Å². The average Bonchev–Trinajstić information content (AvgIpc) is 2.19. The molecule has 0 aliphatic rings. The first-order chi connectivity index (χ1) is 6.63. The van der Waals surface area contributed by atoms with Gasteiger partial charge in [0.2, 0.25) is 0 Å². The Morgan fingerprint density at radius 3 is 2.93 bits per heavy atom. The van der Waals surface area contributed by atoms with Crippen molar-refractivity contribution in [3.8, 4) is 0 Å². The summed E-state index contributed by atoms with van der Waals surface area (Å²) in [4.78, 5) is 0. The fourth-order valence-corrected chi connectivity index (χ4v) is 1.18. The summed E-state index contributed by atoms with van der Waals surface area (Å²) in [5.41, 5.74) is 1.63. The molecule has 0 amide bonds. The zero-order valence-electron chi connectivity index (χ0n) is 7.93. The summed E-state index contributed by atoms with van der Waals surface area (Å²) in [6, 6.07) is 4.49. The maximum absolute atomic E-state index is 12.8. The molecule has 0 saturated heterocycles. The predicted molar refractivity (Wildman–Crippen MR) is 56.4 cm³/mol. The average molecular weight is 218 g/mol. The van der Waals surface area contributed by atoms with E-state index in [-0.39, 0.29) is 11.7 Å². The van der Waals surface area contributed by atoms with Gasteiger partial charge in [0.05, 0.1) is 12.0 Å². The lowest BCUT2D eigenvalue weighted by Crippen LogP contribution is -2.21. The summed E-state index contributed by atoms with van der Waals surface area (Å²) in [7, 11) is 0. The molecular formula is C10H13ClFNO. The van der Waals surface area contributed by atoms with Crippen LogP contribution in [0.2, 0.25) is 0 Å². The Hall–Kier alpha value is -0.800. The van der Waals surface area contributed by atoms with Gasteiger partial charge >= 0.3 is 0 Å². The topological polar surface area (TPSA) is 32.3 Å². The SMILES string of the molecule is Cc1ccc(F)cc1NCC(O)CCl. The molecule has 1 rings (SSSR count). The Balaban J connectivity index is 2.62. The van der Waals surface area contributed by atoms with Gasteiger partial charge in [0, 0.05) is 12.2 Å². The standard InChI is InChI=1S/C10H13ClFNO/c1-7-2-3-8(12)4-10(7)13-6-9(14)5-11/h2-4,9,13-14H,5-6H2,1H3. The van der Waals surface area contributed by atoms with Crippen LogP contribution in [0.4, 0.5) is 10.1 Å². The number of aliphatic hydroxyl groups excluding tert-OH is 1. The van der Waals surface area contributed by atoms with Crippen molar-refractivity contribution in [1.29, 1.82) is 0 Å². The molecule has 0 radical (unpaired) electrons. The molecule has 1 atom stereocenters. The minimum atomic E-state index is -0.612. The van der Waals surface area contributed by atoms with E-state index in [0.29, 0.717) is 12.2 Å². The van der Waals surface area contributed by atoms with Crippen LogP contribution in [0.15, 0.2) is 18.2 Å². The maximum Gasteiger partial charge on any atom is 0.125 e. The van der Waals surface area contributed by atoms with E-state index in [1.807, 2.05) is 6.92 Å². The molecule has 0 aliphatic heterocycles. The van der Waals surface area contributed by atoms with Crippen molar-refractivity contribution >= 4 is 17.3 Å². The minimum Gasteiger partial charge on any atom is -0.390 e. The van der Waals surface area contributed by atoms with E-state index >= 15 is 0 Å². The van der Waals surface area contributed by atoms with E-state index in [9.17, 15) is 9.50 Å². The zero-order chi connectivity index (χ0) is 10.6. The molecule has 14 heavy (non-hydrogen) atoms. The smallest absolute Gasteiger partial charge is 0.125 e. The highest BCUT2D eigenvalue weighted by Gasteiger charge is 2.03. The van der Waals surface area contributed by atoms with E-state index < -0.39 is 6.10 Å². The second-order valence-electron chi connectivity index (χ2n) is 3.15. The molecule has 0 fully saturated rings. The summed E-state index contributed by atoms with van der Waals surface area (Å²) in [6.07, 6.45) is -0.612. The zero-order valence-corrected chi connectivity index (χ0v) is 8.68. The predicted octanol–water partition coefficient (Wildman–Crippen LogP) is 2.15.